The van der Waals surface area contributed by atoms with Gasteiger partial charge in [-0.2, -0.15) is 0 Å². The molecule has 29 heavy (non-hydrogen) atoms. The molecule has 1 fully saturated rings. The highest BCUT2D eigenvalue weighted by atomic mass is 19.4. The number of nitrogens with one attached hydrogen (secondary N) is 1. The number of carbonyl (C=O) groups excluding carboxylic acids is 2. The van der Waals surface area contributed by atoms with E-state index in [0.29, 0.717) is 12.1 Å². The summed E-state index contributed by atoms with van der Waals surface area (Å²) >= 11 is 0. The van der Waals surface area contributed by atoms with Crippen molar-refractivity contribution >= 4 is 23.5 Å². The Bertz CT molecular complexity index is 880. The Morgan fingerprint density at radius 1 is 1.31 bits per heavy atom. The third-order valence-electron chi connectivity index (χ3n) is 4.14. The predicted molar refractivity (Wildman–Crippen MR) is 95.2 cm³/mol. The van der Waals surface area contributed by atoms with Crippen molar-refractivity contribution in [3.63, 3.8) is 0 Å². The van der Waals surface area contributed by atoms with Crippen molar-refractivity contribution in [3.8, 4) is 5.75 Å². The van der Waals surface area contributed by atoms with Crippen LogP contribution in [0.5, 0.6) is 5.75 Å². The molecule has 2 amide bonds. The Labute approximate surface area is 164 Å². The summed E-state index contributed by atoms with van der Waals surface area (Å²) < 4.78 is 46.0. The van der Waals surface area contributed by atoms with Gasteiger partial charge in [-0.3, -0.25) is 14.9 Å². The SMILES string of the molecule is CC(C)CC(=O)Nc1nnc([C@@H]2CC(=O)N(c3ccc(OC(F)(F)F)cc3)C2)o1. The van der Waals surface area contributed by atoms with Gasteiger partial charge in [-0.1, -0.05) is 18.9 Å². The summed E-state index contributed by atoms with van der Waals surface area (Å²) in [6.45, 7) is 4.03. The molecule has 1 aromatic carbocycles. The van der Waals surface area contributed by atoms with Crippen molar-refractivity contribution in [3.05, 3.63) is 30.2 Å². The fraction of sp³-hybridized carbons (Fsp3) is 0.444. The molecule has 0 radical (unpaired) electrons. The second-order valence-corrected chi connectivity index (χ2v) is 7.04. The van der Waals surface area contributed by atoms with Crippen LogP contribution < -0.4 is 15.0 Å². The molecule has 0 aliphatic carbocycles. The van der Waals surface area contributed by atoms with Gasteiger partial charge in [0, 0.05) is 25.1 Å². The van der Waals surface area contributed by atoms with Crippen molar-refractivity contribution in [1.82, 2.24) is 10.2 Å². The molecule has 8 nitrogen and oxygen atoms in total. The Morgan fingerprint density at radius 2 is 2.00 bits per heavy atom. The fourth-order valence-electron chi connectivity index (χ4n) is 2.94. The lowest BCUT2D eigenvalue weighted by atomic mass is 10.1. The number of anilines is 2. The average molecular weight is 412 g/mol. The maximum absolute atomic E-state index is 12.3. The number of alkyl halides is 3. The summed E-state index contributed by atoms with van der Waals surface area (Å²) in [7, 11) is 0. The van der Waals surface area contributed by atoms with Crippen LogP contribution in [-0.4, -0.2) is 34.9 Å². The largest absolute Gasteiger partial charge is 0.573 e. The summed E-state index contributed by atoms with van der Waals surface area (Å²) in [4.78, 5) is 25.5. The third kappa shape index (κ3) is 5.46. The number of hydrogen-bond acceptors (Lipinski definition) is 6. The Balaban J connectivity index is 1.64. The fourth-order valence-corrected chi connectivity index (χ4v) is 2.94. The molecule has 1 atom stereocenters. The Kier molecular flexibility index (Phi) is 5.76. The van der Waals surface area contributed by atoms with Crippen LogP contribution in [0.15, 0.2) is 28.7 Å². The first-order valence-electron chi connectivity index (χ1n) is 8.90. The quantitative estimate of drug-likeness (QED) is 0.780. The highest BCUT2D eigenvalue weighted by Crippen LogP contribution is 2.33. The molecule has 1 aromatic heterocycles. The summed E-state index contributed by atoms with van der Waals surface area (Å²) in [5, 5.41) is 10.2. The second-order valence-electron chi connectivity index (χ2n) is 7.04. The van der Waals surface area contributed by atoms with E-state index in [1.165, 1.54) is 17.0 Å². The van der Waals surface area contributed by atoms with E-state index in [1.54, 1.807) is 0 Å². The lowest BCUT2D eigenvalue weighted by Crippen LogP contribution is -2.24. The van der Waals surface area contributed by atoms with Crippen LogP contribution in [0.25, 0.3) is 0 Å². The zero-order chi connectivity index (χ0) is 21.2. The molecule has 1 aliphatic heterocycles. The van der Waals surface area contributed by atoms with Crippen molar-refractivity contribution in [2.75, 3.05) is 16.8 Å². The topological polar surface area (TPSA) is 97.6 Å². The van der Waals surface area contributed by atoms with Crippen LogP contribution >= 0.6 is 0 Å². The number of hydrogen-bond donors (Lipinski definition) is 1. The first-order chi connectivity index (χ1) is 13.6. The van der Waals surface area contributed by atoms with Gasteiger partial charge in [0.15, 0.2) is 0 Å². The van der Waals surface area contributed by atoms with Crippen molar-refractivity contribution in [2.24, 2.45) is 5.92 Å². The first kappa shape index (κ1) is 20.6. The minimum Gasteiger partial charge on any atom is -0.407 e. The van der Waals surface area contributed by atoms with E-state index in [0.717, 1.165) is 12.1 Å². The number of benzene rings is 1. The number of nitrogens with zero attached hydrogens (tertiary/aromatic N) is 3. The van der Waals surface area contributed by atoms with Gasteiger partial charge in [0.1, 0.15) is 5.75 Å². The van der Waals surface area contributed by atoms with Gasteiger partial charge in [-0.25, -0.2) is 0 Å². The van der Waals surface area contributed by atoms with E-state index < -0.39 is 12.3 Å². The zero-order valence-electron chi connectivity index (χ0n) is 15.7. The van der Waals surface area contributed by atoms with E-state index in [4.69, 9.17) is 4.42 Å². The van der Waals surface area contributed by atoms with Crippen LogP contribution in [0.1, 0.15) is 38.5 Å². The van der Waals surface area contributed by atoms with Crippen molar-refractivity contribution < 1.29 is 31.9 Å². The molecule has 2 heterocycles. The summed E-state index contributed by atoms with van der Waals surface area (Å²) in [6.07, 6.45) is -4.37. The van der Waals surface area contributed by atoms with E-state index in [9.17, 15) is 22.8 Å². The van der Waals surface area contributed by atoms with Crippen molar-refractivity contribution in [2.45, 2.75) is 39.0 Å². The molecular weight excluding hydrogens is 393 g/mol. The Hall–Kier alpha value is -3.11. The molecule has 2 aromatic rings. The monoisotopic (exact) mass is 412 g/mol. The number of carbonyl (C=O) groups is 2. The van der Waals surface area contributed by atoms with Gasteiger partial charge < -0.3 is 14.1 Å². The van der Waals surface area contributed by atoms with Gasteiger partial charge in [-0.05, 0) is 30.2 Å². The molecule has 11 heteroatoms. The third-order valence-corrected chi connectivity index (χ3v) is 4.14. The van der Waals surface area contributed by atoms with Gasteiger partial charge in [0.25, 0.3) is 0 Å². The standard InChI is InChI=1S/C18H19F3N4O4/c1-10(2)7-14(26)22-17-24-23-16(28-17)11-8-15(27)25(9-11)12-3-5-13(6-4-12)29-18(19,20)21/h3-6,10-11H,7-9H2,1-2H3,(H,22,24,26)/t11-/m1/s1. The molecular formula is C18H19F3N4O4. The minimum absolute atomic E-state index is 0.0369. The van der Waals surface area contributed by atoms with Crippen molar-refractivity contribution in [1.29, 1.82) is 0 Å². The molecule has 0 spiro atoms. The maximum Gasteiger partial charge on any atom is 0.573 e. The molecule has 3 rings (SSSR count). The maximum atomic E-state index is 12.3. The molecule has 1 saturated heterocycles. The highest BCUT2D eigenvalue weighted by molar-refractivity contribution is 5.96. The summed E-state index contributed by atoms with van der Waals surface area (Å²) in [5.41, 5.74) is 0.428. The number of amides is 2. The lowest BCUT2D eigenvalue weighted by Gasteiger charge is -2.17. The molecule has 0 bridgehead atoms. The zero-order valence-corrected chi connectivity index (χ0v) is 15.7. The van der Waals surface area contributed by atoms with Crippen LogP contribution in [0.4, 0.5) is 24.9 Å². The van der Waals surface area contributed by atoms with Crippen LogP contribution in [0.2, 0.25) is 0 Å². The van der Waals surface area contributed by atoms with E-state index in [-0.39, 0.29) is 48.4 Å². The Morgan fingerprint density at radius 3 is 2.62 bits per heavy atom. The summed E-state index contributed by atoms with van der Waals surface area (Å²) in [6, 6.07) is 4.97. The van der Waals surface area contributed by atoms with Gasteiger partial charge in [0.05, 0.1) is 5.92 Å². The van der Waals surface area contributed by atoms with E-state index >= 15 is 0 Å². The number of rotatable bonds is 6. The molecule has 1 N–H and O–H groups in total. The number of halogens is 3. The predicted octanol–water partition coefficient (Wildman–Crippen LogP) is 3.47. The smallest absolute Gasteiger partial charge is 0.407 e. The first-order valence-corrected chi connectivity index (χ1v) is 8.90. The van der Waals surface area contributed by atoms with Crippen LogP contribution in [0, 0.1) is 5.92 Å². The van der Waals surface area contributed by atoms with E-state index in [1.807, 2.05) is 13.8 Å². The molecule has 0 saturated carbocycles. The molecule has 0 unspecified atom stereocenters. The normalized spacial score (nSPS) is 17.1. The van der Waals surface area contributed by atoms with E-state index in [2.05, 4.69) is 20.3 Å². The molecule has 1 aliphatic rings. The average Bonchev–Trinajstić information content (AvgIpc) is 3.20. The second kappa shape index (κ2) is 8.10. The van der Waals surface area contributed by atoms with Crippen LogP contribution in [0.3, 0.4) is 0 Å². The van der Waals surface area contributed by atoms with Gasteiger partial charge in [0.2, 0.25) is 17.7 Å². The lowest BCUT2D eigenvalue weighted by molar-refractivity contribution is -0.274. The van der Waals surface area contributed by atoms with Gasteiger partial charge >= 0.3 is 12.4 Å². The highest BCUT2D eigenvalue weighted by Gasteiger charge is 2.35. The molecule has 156 valence electrons. The van der Waals surface area contributed by atoms with Crippen LogP contribution in [-0.2, 0) is 9.59 Å². The minimum atomic E-state index is -4.78. The summed E-state index contributed by atoms with van der Waals surface area (Å²) in [5.74, 6) is -0.868. The number of aromatic nitrogens is 2. The van der Waals surface area contributed by atoms with Gasteiger partial charge in [-0.15, -0.1) is 18.3 Å². The number of ether oxygens (including phenoxy) is 1.